The Hall–Kier alpha value is -3.34. The average molecular weight is 461 g/mol. The summed E-state index contributed by atoms with van der Waals surface area (Å²) in [5, 5.41) is 5.36. The summed E-state index contributed by atoms with van der Waals surface area (Å²) in [5.41, 5.74) is 2.12. The number of nitrogens with one attached hydrogen (secondary N) is 1. The lowest BCUT2D eigenvalue weighted by Gasteiger charge is -2.31. The molecule has 1 atom stereocenters. The second kappa shape index (κ2) is 12.8. The van der Waals surface area contributed by atoms with E-state index >= 15 is 0 Å². The maximum atomic E-state index is 13.5. The molecule has 0 aliphatic carbocycles. The van der Waals surface area contributed by atoms with E-state index in [0.29, 0.717) is 32.4 Å². The van der Waals surface area contributed by atoms with Gasteiger partial charge in [0.1, 0.15) is 11.8 Å². The predicted molar refractivity (Wildman–Crippen MR) is 138 cm³/mol. The van der Waals surface area contributed by atoms with Crippen molar-refractivity contribution in [2.45, 2.75) is 58.5 Å². The van der Waals surface area contributed by atoms with Gasteiger partial charge in [-0.1, -0.05) is 74.9 Å². The van der Waals surface area contributed by atoms with Crippen LogP contribution < -0.4 is 10.1 Å². The summed E-state index contributed by atoms with van der Waals surface area (Å²) in [6, 6.07) is 21.6. The summed E-state index contributed by atoms with van der Waals surface area (Å²) < 4.78 is 5.26. The maximum absolute atomic E-state index is 13.5. The van der Waals surface area contributed by atoms with Crippen LogP contribution in [0.2, 0.25) is 0 Å². The lowest BCUT2D eigenvalue weighted by atomic mass is 10.00. The summed E-state index contributed by atoms with van der Waals surface area (Å²) >= 11 is 0. The van der Waals surface area contributed by atoms with Crippen LogP contribution in [0.15, 0.2) is 66.7 Å². The molecule has 0 heterocycles. The smallest absolute Gasteiger partial charge is 0.242 e. The van der Waals surface area contributed by atoms with Crippen LogP contribution in [0.3, 0.4) is 0 Å². The number of methoxy groups -OCH3 is 1. The molecule has 34 heavy (non-hydrogen) atoms. The summed E-state index contributed by atoms with van der Waals surface area (Å²) in [4.78, 5) is 28.3. The lowest BCUT2D eigenvalue weighted by Crippen LogP contribution is -2.49. The highest BCUT2D eigenvalue weighted by molar-refractivity contribution is 5.89. The summed E-state index contributed by atoms with van der Waals surface area (Å²) in [5.74, 6) is 0.672. The molecule has 1 unspecified atom stereocenters. The van der Waals surface area contributed by atoms with Crippen LogP contribution in [-0.2, 0) is 22.6 Å². The Balaban J connectivity index is 1.80. The maximum Gasteiger partial charge on any atom is 0.242 e. The Bertz CT molecular complexity index is 1070. The molecular formula is C29H36N2O3. The summed E-state index contributed by atoms with van der Waals surface area (Å²) in [6.07, 6.45) is 3.48. The van der Waals surface area contributed by atoms with E-state index in [2.05, 4.69) is 36.5 Å². The summed E-state index contributed by atoms with van der Waals surface area (Å²) in [6.45, 7) is 5.07. The van der Waals surface area contributed by atoms with Gasteiger partial charge in [-0.2, -0.15) is 0 Å². The molecular weight excluding hydrogens is 424 g/mol. The Morgan fingerprint density at radius 2 is 1.71 bits per heavy atom. The van der Waals surface area contributed by atoms with Gasteiger partial charge in [0.25, 0.3) is 0 Å². The van der Waals surface area contributed by atoms with Crippen molar-refractivity contribution >= 4 is 22.6 Å². The zero-order chi connectivity index (χ0) is 24.3. The third kappa shape index (κ3) is 6.60. The summed E-state index contributed by atoms with van der Waals surface area (Å²) in [7, 11) is 1.63. The van der Waals surface area contributed by atoms with Crippen molar-refractivity contribution in [2.24, 2.45) is 0 Å². The van der Waals surface area contributed by atoms with Crippen molar-refractivity contribution in [3.63, 3.8) is 0 Å². The number of unbranched alkanes of at least 4 members (excludes halogenated alkanes) is 1. The molecule has 5 nitrogen and oxygen atoms in total. The normalized spacial score (nSPS) is 11.7. The number of hydrogen-bond acceptors (Lipinski definition) is 3. The monoisotopic (exact) mass is 460 g/mol. The average Bonchev–Trinajstić information content (AvgIpc) is 2.87. The second-order valence-corrected chi connectivity index (χ2v) is 8.58. The first-order valence-corrected chi connectivity index (χ1v) is 12.2. The van der Waals surface area contributed by atoms with Gasteiger partial charge in [-0.05, 0) is 53.3 Å². The zero-order valence-corrected chi connectivity index (χ0v) is 20.5. The molecule has 0 radical (unpaired) electrons. The molecule has 0 saturated heterocycles. The fourth-order valence-electron chi connectivity index (χ4n) is 4.25. The third-order valence-electron chi connectivity index (χ3n) is 6.22. The van der Waals surface area contributed by atoms with E-state index in [0.717, 1.165) is 29.7 Å². The van der Waals surface area contributed by atoms with Gasteiger partial charge in [0, 0.05) is 19.5 Å². The number of ether oxygens (including phenoxy) is 1. The van der Waals surface area contributed by atoms with Crippen LogP contribution in [0.4, 0.5) is 0 Å². The Morgan fingerprint density at radius 3 is 2.41 bits per heavy atom. The number of carbonyl (C=O) groups is 2. The van der Waals surface area contributed by atoms with Gasteiger partial charge in [0.2, 0.25) is 11.8 Å². The highest BCUT2D eigenvalue weighted by Crippen LogP contribution is 2.22. The van der Waals surface area contributed by atoms with Gasteiger partial charge in [-0.3, -0.25) is 9.59 Å². The number of hydrogen-bond donors (Lipinski definition) is 1. The highest BCUT2D eigenvalue weighted by Gasteiger charge is 2.28. The third-order valence-corrected chi connectivity index (χ3v) is 6.22. The van der Waals surface area contributed by atoms with Gasteiger partial charge < -0.3 is 15.0 Å². The molecule has 0 spiro atoms. The van der Waals surface area contributed by atoms with Gasteiger partial charge in [-0.15, -0.1) is 0 Å². The highest BCUT2D eigenvalue weighted by atomic mass is 16.5. The van der Waals surface area contributed by atoms with Crippen molar-refractivity contribution in [3.8, 4) is 5.75 Å². The van der Waals surface area contributed by atoms with Crippen molar-refractivity contribution in [2.75, 3.05) is 13.7 Å². The van der Waals surface area contributed by atoms with Crippen LogP contribution in [0.25, 0.3) is 10.8 Å². The van der Waals surface area contributed by atoms with Crippen LogP contribution in [-0.4, -0.2) is 36.4 Å². The fraction of sp³-hybridized carbons (Fsp3) is 0.379. The molecule has 3 rings (SSSR count). The molecule has 1 N–H and O–H groups in total. The number of nitrogens with zero attached hydrogens (tertiary/aromatic N) is 1. The number of fused-ring (bicyclic) bond motifs is 1. The molecule has 3 aromatic rings. The van der Waals surface area contributed by atoms with Crippen molar-refractivity contribution in [1.82, 2.24) is 10.2 Å². The quantitative estimate of drug-likeness (QED) is 0.363. The SMILES string of the molecule is CCCCNC(=O)C(CC)N(Cc1ccc(OC)cc1)C(=O)CCc1cccc2ccccc12. The molecule has 3 aromatic carbocycles. The Labute approximate surface area is 203 Å². The van der Waals surface area contributed by atoms with E-state index < -0.39 is 6.04 Å². The molecule has 0 aliphatic rings. The van der Waals surface area contributed by atoms with Gasteiger partial charge >= 0.3 is 0 Å². The topological polar surface area (TPSA) is 58.6 Å². The predicted octanol–water partition coefficient (Wildman–Crippen LogP) is 5.50. The van der Waals surface area contributed by atoms with E-state index in [1.807, 2.05) is 49.4 Å². The van der Waals surface area contributed by atoms with E-state index in [4.69, 9.17) is 4.74 Å². The largest absolute Gasteiger partial charge is 0.497 e. The molecule has 5 heteroatoms. The minimum absolute atomic E-state index is 0.0127. The number of amides is 2. The molecule has 180 valence electrons. The van der Waals surface area contributed by atoms with Crippen LogP contribution >= 0.6 is 0 Å². The first-order chi connectivity index (χ1) is 16.6. The molecule has 2 amide bonds. The molecule has 0 aliphatic heterocycles. The molecule has 0 saturated carbocycles. The second-order valence-electron chi connectivity index (χ2n) is 8.58. The number of rotatable bonds is 12. The van der Waals surface area contributed by atoms with Crippen molar-refractivity contribution in [3.05, 3.63) is 77.9 Å². The van der Waals surface area contributed by atoms with Gasteiger partial charge in [0.15, 0.2) is 0 Å². The van der Waals surface area contributed by atoms with E-state index in [1.165, 1.54) is 10.8 Å². The fourth-order valence-corrected chi connectivity index (χ4v) is 4.25. The first kappa shape index (κ1) is 25.3. The lowest BCUT2D eigenvalue weighted by molar-refractivity contribution is -0.141. The van der Waals surface area contributed by atoms with E-state index in [9.17, 15) is 9.59 Å². The minimum Gasteiger partial charge on any atom is -0.497 e. The number of aryl methyl sites for hydroxylation is 1. The molecule has 0 bridgehead atoms. The van der Waals surface area contributed by atoms with Gasteiger partial charge in [0.05, 0.1) is 7.11 Å². The Kier molecular flexibility index (Phi) is 9.51. The zero-order valence-electron chi connectivity index (χ0n) is 20.5. The van der Waals surface area contributed by atoms with Crippen molar-refractivity contribution in [1.29, 1.82) is 0 Å². The van der Waals surface area contributed by atoms with Crippen LogP contribution in [0, 0.1) is 0 Å². The molecule has 0 aromatic heterocycles. The van der Waals surface area contributed by atoms with E-state index in [-0.39, 0.29) is 11.8 Å². The Morgan fingerprint density at radius 1 is 0.971 bits per heavy atom. The van der Waals surface area contributed by atoms with Gasteiger partial charge in [-0.25, -0.2) is 0 Å². The van der Waals surface area contributed by atoms with Crippen molar-refractivity contribution < 1.29 is 14.3 Å². The number of carbonyl (C=O) groups excluding carboxylic acids is 2. The first-order valence-electron chi connectivity index (χ1n) is 12.2. The van der Waals surface area contributed by atoms with Crippen LogP contribution in [0.1, 0.15) is 50.7 Å². The minimum atomic E-state index is -0.501. The number of benzene rings is 3. The standard InChI is InChI=1S/C29H36N2O3/c1-4-6-20-30-29(33)27(5-2)31(21-22-14-17-25(34-3)18-15-22)28(32)19-16-24-12-9-11-23-10-7-8-13-26(23)24/h7-15,17-18,27H,4-6,16,19-21H2,1-3H3,(H,30,33). The van der Waals surface area contributed by atoms with Crippen LogP contribution in [0.5, 0.6) is 5.75 Å². The van der Waals surface area contributed by atoms with E-state index in [1.54, 1.807) is 12.0 Å². The molecule has 0 fully saturated rings.